The third-order valence-electron chi connectivity index (χ3n) is 4.67. The first-order valence-corrected chi connectivity index (χ1v) is 10.4. The molecule has 3 rings (SSSR count). The Balaban J connectivity index is 1.79. The minimum absolute atomic E-state index is 0.0465. The molecule has 1 amide bonds. The zero-order valence-corrected chi connectivity index (χ0v) is 17.7. The van der Waals surface area contributed by atoms with Gasteiger partial charge in [0.2, 0.25) is 0 Å². The van der Waals surface area contributed by atoms with Crippen LogP contribution in [0.2, 0.25) is 4.34 Å². The van der Waals surface area contributed by atoms with Crippen LogP contribution in [-0.4, -0.2) is 40.3 Å². The van der Waals surface area contributed by atoms with E-state index >= 15 is 0 Å². The normalized spacial score (nSPS) is 19.6. The van der Waals surface area contributed by atoms with Crippen molar-refractivity contribution in [1.82, 2.24) is 4.90 Å². The van der Waals surface area contributed by atoms with Crippen LogP contribution in [0.3, 0.4) is 0 Å². The summed E-state index contributed by atoms with van der Waals surface area (Å²) >= 11 is 7.61. The molecular formula is C21H24ClNO4S. The number of nitrogens with zero attached hydrogens (tertiary/aromatic N) is 1. The molecule has 0 bridgehead atoms. The highest BCUT2D eigenvalue weighted by Crippen LogP contribution is 2.36. The fraction of sp³-hybridized carbons (Fsp3) is 0.429. The highest BCUT2D eigenvalue weighted by Gasteiger charge is 2.41. The first-order chi connectivity index (χ1) is 13.1. The quantitative estimate of drug-likeness (QED) is 0.725. The summed E-state index contributed by atoms with van der Waals surface area (Å²) in [4.78, 5) is 26.6. The van der Waals surface area contributed by atoms with Gasteiger partial charge in [0.25, 0.3) is 0 Å². The summed E-state index contributed by atoms with van der Waals surface area (Å²) in [6.45, 7) is 5.69. The van der Waals surface area contributed by atoms with Crippen LogP contribution in [0.1, 0.15) is 32.8 Å². The van der Waals surface area contributed by atoms with E-state index in [1.54, 1.807) is 20.8 Å². The second-order valence-electron chi connectivity index (χ2n) is 8.05. The molecule has 1 fully saturated rings. The number of carboxylic acids is 1. The average molecular weight is 422 g/mol. The lowest BCUT2D eigenvalue weighted by molar-refractivity contribution is -0.142. The van der Waals surface area contributed by atoms with Gasteiger partial charge in [-0.1, -0.05) is 35.9 Å². The number of halogens is 1. The lowest BCUT2D eigenvalue weighted by Crippen LogP contribution is -2.43. The maximum Gasteiger partial charge on any atom is 0.411 e. The molecule has 2 atom stereocenters. The van der Waals surface area contributed by atoms with Crippen LogP contribution in [0.15, 0.2) is 36.4 Å². The lowest BCUT2D eigenvalue weighted by Gasteiger charge is -2.26. The molecule has 1 aliphatic rings. The molecule has 28 heavy (non-hydrogen) atoms. The molecule has 150 valence electrons. The predicted octanol–water partition coefficient (Wildman–Crippen LogP) is 5.32. The second-order valence-corrected chi connectivity index (χ2v) is 9.77. The van der Waals surface area contributed by atoms with Crippen molar-refractivity contribution < 1.29 is 19.4 Å². The Morgan fingerprint density at radius 1 is 1.25 bits per heavy atom. The van der Waals surface area contributed by atoms with Crippen LogP contribution >= 0.6 is 22.9 Å². The fourth-order valence-electron chi connectivity index (χ4n) is 3.54. The Labute approximate surface area is 173 Å². The summed E-state index contributed by atoms with van der Waals surface area (Å²) in [6.07, 6.45) is 0.531. The van der Waals surface area contributed by atoms with Gasteiger partial charge in [0.15, 0.2) is 0 Å². The molecule has 1 saturated heterocycles. The number of aliphatic carboxylic acids is 1. The number of carboxylic acid groups (broad SMARTS) is 1. The smallest absolute Gasteiger partial charge is 0.411 e. The van der Waals surface area contributed by atoms with Crippen molar-refractivity contribution in [2.45, 2.75) is 45.3 Å². The molecule has 7 heteroatoms. The van der Waals surface area contributed by atoms with Crippen molar-refractivity contribution in [3.63, 3.8) is 0 Å². The van der Waals surface area contributed by atoms with Crippen molar-refractivity contribution in [1.29, 1.82) is 0 Å². The standard InChI is InChI=1S/C21H24ClNO4S/c1-21(2,3)27-20(26)23-12-13(11-16(23)19(24)25)10-14-6-4-5-7-15(14)17-8-9-18(22)28-17/h4-9,13,16H,10-12H2,1-3H3,(H,24,25)/t13-,16+/m0/s1. The number of amides is 1. The fourth-order valence-corrected chi connectivity index (χ4v) is 4.64. The zero-order chi connectivity index (χ0) is 20.5. The largest absolute Gasteiger partial charge is 0.480 e. The molecule has 0 saturated carbocycles. The number of thiophene rings is 1. The van der Waals surface area contributed by atoms with Crippen LogP contribution in [0.4, 0.5) is 4.79 Å². The van der Waals surface area contributed by atoms with E-state index < -0.39 is 23.7 Å². The van der Waals surface area contributed by atoms with Gasteiger partial charge in [-0.05, 0) is 62.8 Å². The van der Waals surface area contributed by atoms with Gasteiger partial charge in [0, 0.05) is 11.4 Å². The first kappa shape index (κ1) is 20.7. The second kappa shape index (κ2) is 8.13. The Hall–Kier alpha value is -2.05. The average Bonchev–Trinajstić information content (AvgIpc) is 3.20. The molecule has 2 heterocycles. The number of carbonyl (C=O) groups is 2. The van der Waals surface area contributed by atoms with Crippen LogP contribution in [0.5, 0.6) is 0 Å². The monoisotopic (exact) mass is 421 g/mol. The third-order valence-corrected chi connectivity index (χ3v) is 5.93. The molecule has 5 nitrogen and oxygen atoms in total. The summed E-state index contributed by atoms with van der Waals surface area (Å²) in [5.74, 6) is -0.947. The summed E-state index contributed by atoms with van der Waals surface area (Å²) in [5.41, 5.74) is 1.56. The zero-order valence-electron chi connectivity index (χ0n) is 16.1. The van der Waals surface area contributed by atoms with Gasteiger partial charge in [0.05, 0.1) is 4.34 Å². The number of rotatable bonds is 4. The first-order valence-electron chi connectivity index (χ1n) is 9.20. The van der Waals surface area contributed by atoms with E-state index in [0.717, 1.165) is 20.3 Å². The van der Waals surface area contributed by atoms with Gasteiger partial charge in [-0.25, -0.2) is 9.59 Å². The SMILES string of the molecule is CC(C)(C)OC(=O)N1C[C@@H](Cc2ccccc2-c2ccc(Cl)s2)C[C@@H]1C(=O)O. The van der Waals surface area contributed by atoms with Crippen molar-refractivity contribution in [3.8, 4) is 10.4 Å². The molecule has 1 N–H and O–H groups in total. The number of hydrogen-bond donors (Lipinski definition) is 1. The number of likely N-dealkylation sites (tertiary alicyclic amines) is 1. The predicted molar refractivity (Wildman–Crippen MR) is 111 cm³/mol. The number of hydrogen-bond acceptors (Lipinski definition) is 4. The Kier molecular flexibility index (Phi) is 6.01. The van der Waals surface area contributed by atoms with Gasteiger partial charge in [-0.15, -0.1) is 11.3 Å². The summed E-state index contributed by atoms with van der Waals surface area (Å²) < 4.78 is 6.14. The van der Waals surface area contributed by atoms with Crippen LogP contribution in [0.25, 0.3) is 10.4 Å². The van der Waals surface area contributed by atoms with Gasteiger partial charge in [-0.3, -0.25) is 4.90 Å². The molecule has 1 aromatic carbocycles. The van der Waals surface area contributed by atoms with Gasteiger partial charge in [0.1, 0.15) is 11.6 Å². The van der Waals surface area contributed by atoms with Crippen molar-refractivity contribution in [3.05, 3.63) is 46.3 Å². The van der Waals surface area contributed by atoms with Crippen LogP contribution < -0.4 is 0 Å². The van der Waals surface area contributed by atoms with Crippen LogP contribution in [-0.2, 0) is 16.0 Å². The summed E-state index contributed by atoms with van der Waals surface area (Å²) in [7, 11) is 0. The highest BCUT2D eigenvalue weighted by molar-refractivity contribution is 7.19. The van der Waals surface area contributed by atoms with Crippen molar-refractivity contribution >= 4 is 35.0 Å². The minimum Gasteiger partial charge on any atom is -0.480 e. The summed E-state index contributed by atoms with van der Waals surface area (Å²) in [5, 5.41) is 9.59. The Morgan fingerprint density at radius 2 is 1.96 bits per heavy atom. The van der Waals surface area contributed by atoms with E-state index in [9.17, 15) is 14.7 Å². The van der Waals surface area contributed by atoms with Gasteiger partial charge < -0.3 is 9.84 Å². The van der Waals surface area contributed by atoms with E-state index in [1.807, 2.05) is 30.3 Å². The Morgan fingerprint density at radius 3 is 2.57 bits per heavy atom. The van der Waals surface area contributed by atoms with Gasteiger partial charge >= 0.3 is 12.1 Å². The number of ether oxygens (including phenoxy) is 1. The summed E-state index contributed by atoms with van der Waals surface area (Å²) in [6, 6.07) is 11.1. The molecule has 0 spiro atoms. The topological polar surface area (TPSA) is 66.8 Å². The van der Waals surface area contributed by atoms with Crippen molar-refractivity contribution in [2.24, 2.45) is 5.92 Å². The molecule has 2 aromatic rings. The molecule has 0 radical (unpaired) electrons. The van der Waals surface area contributed by atoms with E-state index in [0.29, 0.717) is 19.4 Å². The number of carbonyl (C=O) groups excluding carboxylic acids is 1. The van der Waals surface area contributed by atoms with Gasteiger partial charge in [-0.2, -0.15) is 0 Å². The minimum atomic E-state index is -0.994. The highest BCUT2D eigenvalue weighted by atomic mass is 35.5. The van der Waals surface area contributed by atoms with Crippen molar-refractivity contribution in [2.75, 3.05) is 6.54 Å². The molecular weight excluding hydrogens is 398 g/mol. The molecule has 1 aromatic heterocycles. The maximum atomic E-state index is 12.5. The molecule has 0 aliphatic carbocycles. The number of benzene rings is 1. The lowest BCUT2D eigenvalue weighted by atomic mass is 9.93. The molecule has 1 aliphatic heterocycles. The Bertz CT molecular complexity index is 873. The molecule has 0 unspecified atom stereocenters. The van der Waals surface area contributed by atoms with E-state index in [1.165, 1.54) is 16.2 Å². The van der Waals surface area contributed by atoms with Crippen LogP contribution in [0, 0.1) is 5.92 Å². The third kappa shape index (κ3) is 4.86. The van der Waals surface area contributed by atoms with E-state index in [-0.39, 0.29) is 5.92 Å². The van der Waals surface area contributed by atoms with E-state index in [4.69, 9.17) is 16.3 Å². The maximum absolute atomic E-state index is 12.5. The van der Waals surface area contributed by atoms with E-state index in [2.05, 4.69) is 6.07 Å².